The first-order valence-corrected chi connectivity index (χ1v) is 6.06. The Morgan fingerprint density at radius 2 is 1.86 bits per heavy atom. The Kier molecular flexibility index (Phi) is 4.62. The molecule has 1 amide bonds. The molecule has 0 fully saturated rings. The molecule has 0 atom stereocenters. The molecule has 0 aliphatic rings. The van der Waals surface area contributed by atoms with Crippen molar-refractivity contribution in [1.82, 2.24) is 0 Å². The summed E-state index contributed by atoms with van der Waals surface area (Å²) in [6.45, 7) is -0.651. The number of nitrogens with zero attached hydrogens (tertiary/aromatic N) is 1. The minimum Gasteiger partial charge on any atom is -0.619 e. The average molecular weight is 308 g/mol. The standard InChI is InChI=1S/C14H10F2N2O4/c15-10-1-2-12(11(16)7-10)17-13(19)8-22-14(20)9-3-5-18(21)6-4-9/h1-7H,8H2,(H,17,19). The maximum absolute atomic E-state index is 13.3. The van der Waals surface area contributed by atoms with Crippen LogP contribution in [-0.2, 0) is 9.53 Å². The van der Waals surface area contributed by atoms with Crippen LogP contribution in [0.15, 0.2) is 42.7 Å². The molecule has 1 heterocycles. The van der Waals surface area contributed by atoms with Crippen molar-refractivity contribution in [2.75, 3.05) is 11.9 Å². The quantitative estimate of drug-likeness (QED) is 0.526. The smallest absolute Gasteiger partial charge is 0.339 e. The molecule has 0 spiro atoms. The van der Waals surface area contributed by atoms with E-state index in [-0.39, 0.29) is 11.3 Å². The molecule has 114 valence electrons. The molecule has 2 aromatic rings. The summed E-state index contributed by atoms with van der Waals surface area (Å²) in [6.07, 6.45) is 2.20. The second-order valence-electron chi connectivity index (χ2n) is 4.20. The zero-order chi connectivity index (χ0) is 16.1. The van der Waals surface area contributed by atoms with E-state index in [1.165, 1.54) is 12.1 Å². The predicted molar refractivity (Wildman–Crippen MR) is 70.7 cm³/mol. The van der Waals surface area contributed by atoms with E-state index in [4.69, 9.17) is 4.74 Å². The lowest BCUT2D eigenvalue weighted by molar-refractivity contribution is -0.605. The van der Waals surface area contributed by atoms with Gasteiger partial charge in [0.1, 0.15) is 11.6 Å². The van der Waals surface area contributed by atoms with Gasteiger partial charge in [-0.3, -0.25) is 4.79 Å². The van der Waals surface area contributed by atoms with Crippen molar-refractivity contribution < 1.29 is 27.8 Å². The fourth-order valence-corrected chi connectivity index (χ4v) is 1.54. The number of pyridine rings is 1. The summed E-state index contributed by atoms with van der Waals surface area (Å²) in [7, 11) is 0. The molecule has 8 heteroatoms. The van der Waals surface area contributed by atoms with Crippen molar-refractivity contribution in [2.45, 2.75) is 0 Å². The molecule has 0 radical (unpaired) electrons. The topological polar surface area (TPSA) is 82.3 Å². The molecular weight excluding hydrogens is 298 g/mol. The van der Waals surface area contributed by atoms with E-state index in [0.29, 0.717) is 10.8 Å². The number of benzene rings is 1. The number of aromatic nitrogens is 1. The van der Waals surface area contributed by atoms with Gasteiger partial charge in [-0.05, 0) is 12.1 Å². The molecule has 0 aliphatic heterocycles. The lowest BCUT2D eigenvalue weighted by atomic mass is 10.3. The Bertz CT molecular complexity index is 704. The van der Waals surface area contributed by atoms with Gasteiger partial charge < -0.3 is 15.3 Å². The highest BCUT2D eigenvalue weighted by Gasteiger charge is 2.13. The van der Waals surface area contributed by atoms with Crippen molar-refractivity contribution in [3.8, 4) is 0 Å². The zero-order valence-corrected chi connectivity index (χ0v) is 11.1. The number of amides is 1. The Morgan fingerprint density at radius 1 is 1.18 bits per heavy atom. The van der Waals surface area contributed by atoms with E-state index in [1.807, 2.05) is 0 Å². The number of carbonyl (C=O) groups is 2. The molecule has 22 heavy (non-hydrogen) atoms. The molecule has 0 saturated carbocycles. The molecule has 0 aliphatic carbocycles. The second-order valence-corrected chi connectivity index (χ2v) is 4.20. The van der Waals surface area contributed by atoms with Crippen LogP contribution in [0.25, 0.3) is 0 Å². The largest absolute Gasteiger partial charge is 0.619 e. The van der Waals surface area contributed by atoms with Crippen molar-refractivity contribution in [1.29, 1.82) is 0 Å². The summed E-state index contributed by atoms with van der Waals surface area (Å²) >= 11 is 0. The van der Waals surface area contributed by atoms with Gasteiger partial charge in [-0.1, -0.05) is 0 Å². The van der Waals surface area contributed by atoms with Gasteiger partial charge in [-0.25, -0.2) is 13.6 Å². The lowest BCUT2D eigenvalue weighted by Gasteiger charge is -2.07. The van der Waals surface area contributed by atoms with Gasteiger partial charge in [-0.15, -0.1) is 0 Å². The highest BCUT2D eigenvalue weighted by molar-refractivity contribution is 5.95. The van der Waals surface area contributed by atoms with Gasteiger partial charge in [0.15, 0.2) is 19.0 Å². The summed E-state index contributed by atoms with van der Waals surface area (Å²) in [4.78, 5) is 23.1. The number of carbonyl (C=O) groups excluding carboxylic acids is 2. The number of rotatable bonds is 4. The number of halogens is 2. The maximum Gasteiger partial charge on any atom is 0.339 e. The minimum absolute atomic E-state index is 0.0906. The average Bonchev–Trinajstić information content (AvgIpc) is 2.48. The molecule has 0 saturated heterocycles. The summed E-state index contributed by atoms with van der Waals surface area (Å²) in [6, 6.07) is 5.10. The SMILES string of the molecule is O=C(COC(=O)c1cc[n+]([O-])cc1)Nc1ccc(F)cc1F. The third-order valence-electron chi connectivity index (χ3n) is 2.58. The van der Waals surface area contributed by atoms with E-state index < -0.39 is 30.1 Å². The second kappa shape index (κ2) is 6.61. The monoisotopic (exact) mass is 308 g/mol. The molecule has 2 rings (SSSR count). The summed E-state index contributed by atoms with van der Waals surface area (Å²) < 4.78 is 31.2. The van der Waals surface area contributed by atoms with Crippen LogP contribution in [0, 0.1) is 16.8 Å². The maximum atomic E-state index is 13.3. The summed E-state index contributed by atoms with van der Waals surface area (Å²) in [5.41, 5.74) is -0.137. The van der Waals surface area contributed by atoms with Crippen molar-refractivity contribution >= 4 is 17.6 Å². The van der Waals surface area contributed by atoms with E-state index in [1.54, 1.807) is 0 Å². The van der Waals surface area contributed by atoms with Crippen LogP contribution < -0.4 is 10.0 Å². The molecule has 6 nitrogen and oxygen atoms in total. The van der Waals surface area contributed by atoms with Crippen molar-refractivity contribution in [2.24, 2.45) is 0 Å². The molecule has 0 unspecified atom stereocenters. The van der Waals surface area contributed by atoms with Crippen LogP contribution in [0.3, 0.4) is 0 Å². The minimum atomic E-state index is -0.942. The number of hydrogen-bond donors (Lipinski definition) is 1. The van der Waals surface area contributed by atoms with Crippen molar-refractivity contribution in [3.05, 3.63) is 65.1 Å². The third-order valence-corrected chi connectivity index (χ3v) is 2.58. The Morgan fingerprint density at radius 3 is 2.50 bits per heavy atom. The number of esters is 1. The number of anilines is 1. The van der Waals surface area contributed by atoms with Gasteiger partial charge in [-0.2, -0.15) is 4.73 Å². The van der Waals surface area contributed by atoms with E-state index in [2.05, 4.69) is 5.32 Å². The van der Waals surface area contributed by atoms with Crippen LogP contribution >= 0.6 is 0 Å². The molecule has 1 aromatic heterocycles. The molecule has 0 bridgehead atoms. The molecule has 1 N–H and O–H groups in total. The van der Waals surface area contributed by atoms with Crippen LogP contribution in [0.2, 0.25) is 0 Å². The highest BCUT2D eigenvalue weighted by atomic mass is 19.1. The van der Waals surface area contributed by atoms with Crippen LogP contribution in [0.4, 0.5) is 14.5 Å². The molecular formula is C14H10F2N2O4. The summed E-state index contributed by atoms with van der Waals surface area (Å²) in [5, 5.41) is 12.9. The number of ether oxygens (including phenoxy) is 1. The fourth-order valence-electron chi connectivity index (χ4n) is 1.54. The number of hydrogen-bond acceptors (Lipinski definition) is 4. The first kappa shape index (κ1) is 15.4. The van der Waals surface area contributed by atoms with E-state index >= 15 is 0 Å². The van der Waals surface area contributed by atoms with E-state index in [9.17, 15) is 23.6 Å². The Balaban J connectivity index is 1.89. The first-order valence-electron chi connectivity index (χ1n) is 6.06. The van der Waals surface area contributed by atoms with Crippen LogP contribution in [0.5, 0.6) is 0 Å². The van der Waals surface area contributed by atoms with Crippen molar-refractivity contribution in [3.63, 3.8) is 0 Å². The van der Waals surface area contributed by atoms with Gasteiger partial charge in [0.2, 0.25) is 0 Å². The first-order chi connectivity index (χ1) is 10.5. The van der Waals surface area contributed by atoms with Gasteiger partial charge in [0.05, 0.1) is 11.3 Å². The Hall–Kier alpha value is -3.03. The highest BCUT2D eigenvalue weighted by Crippen LogP contribution is 2.14. The van der Waals surface area contributed by atoms with Gasteiger partial charge >= 0.3 is 5.97 Å². The summed E-state index contributed by atoms with van der Waals surface area (Å²) in [5.74, 6) is -3.31. The predicted octanol–water partition coefficient (Wildman–Crippen LogP) is 1.39. The molecule has 1 aromatic carbocycles. The Labute approximate surface area is 123 Å². The lowest BCUT2D eigenvalue weighted by Crippen LogP contribution is -2.25. The third kappa shape index (κ3) is 3.98. The van der Waals surface area contributed by atoms with Crippen LogP contribution in [-0.4, -0.2) is 18.5 Å². The fraction of sp³-hybridized carbons (Fsp3) is 0.0714. The van der Waals surface area contributed by atoms with Gasteiger partial charge in [0, 0.05) is 18.2 Å². The normalized spacial score (nSPS) is 10.1. The zero-order valence-electron chi connectivity index (χ0n) is 11.1. The van der Waals surface area contributed by atoms with Gasteiger partial charge in [0.25, 0.3) is 5.91 Å². The van der Waals surface area contributed by atoms with E-state index in [0.717, 1.165) is 24.5 Å². The number of nitrogens with one attached hydrogen (secondary N) is 1. The van der Waals surface area contributed by atoms with Crippen LogP contribution in [0.1, 0.15) is 10.4 Å².